The van der Waals surface area contributed by atoms with E-state index in [-0.39, 0.29) is 18.0 Å². The monoisotopic (exact) mass is 263 g/mol. The Kier molecular flexibility index (Phi) is 5.58. The average Bonchev–Trinajstić information content (AvgIpc) is 2.75. The molecule has 1 aromatic heterocycles. The Labute approximate surface area is 114 Å². The quantitative estimate of drug-likeness (QED) is 0.851. The molecule has 0 aromatic carbocycles. The number of furan rings is 1. The zero-order valence-electron chi connectivity index (χ0n) is 11.8. The fourth-order valence-corrected chi connectivity index (χ4v) is 1.71. The van der Waals surface area contributed by atoms with Gasteiger partial charge in [0.2, 0.25) is 5.91 Å². The average molecular weight is 263 g/mol. The summed E-state index contributed by atoms with van der Waals surface area (Å²) in [5, 5.41) is 11.6. The molecule has 1 N–H and O–H groups in total. The Hall–Kier alpha value is -1.80. The number of nitriles is 1. The number of nitrogens with one attached hydrogen (secondary N) is 1. The first-order valence-electron chi connectivity index (χ1n) is 6.33. The maximum absolute atomic E-state index is 11.9. The lowest BCUT2D eigenvalue weighted by atomic mass is 10.1. The molecule has 0 spiro atoms. The smallest absolute Gasteiger partial charge is 0.234 e. The maximum atomic E-state index is 11.9. The van der Waals surface area contributed by atoms with Gasteiger partial charge in [0.05, 0.1) is 25.4 Å². The lowest BCUT2D eigenvalue weighted by Crippen LogP contribution is -2.46. The van der Waals surface area contributed by atoms with Crippen LogP contribution in [0, 0.1) is 11.3 Å². The largest absolute Gasteiger partial charge is 0.468 e. The Morgan fingerprint density at radius 3 is 2.79 bits per heavy atom. The predicted octanol–water partition coefficient (Wildman–Crippen LogP) is 1.91. The van der Waals surface area contributed by atoms with E-state index in [1.54, 1.807) is 6.26 Å². The molecule has 0 saturated carbocycles. The van der Waals surface area contributed by atoms with Gasteiger partial charge in [-0.05, 0) is 32.9 Å². The summed E-state index contributed by atoms with van der Waals surface area (Å²) >= 11 is 0. The fourth-order valence-electron chi connectivity index (χ4n) is 1.71. The van der Waals surface area contributed by atoms with E-state index in [4.69, 9.17) is 9.68 Å². The van der Waals surface area contributed by atoms with Crippen molar-refractivity contribution in [3.63, 3.8) is 0 Å². The van der Waals surface area contributed by atoms with E-state index in [9.17, 15) is 4.79 Å². The molecular weight excluding hydrogens is 242 g/mol. The normalized spacial score (nSPS) is 11.3. The molecule has 1 amide bonds. The minimum atomic E-state index is -0.247. The summed E-state index contributed by atoms with van der Waals surface area (Å²) in [6, 6.07) is 5.77. The van der Waals surface area contributed by atoms with Crippen molar-refractivity contribution in [2.45, 2.75) is 39.3 Å². The highest BCUT2D eigenvalue weighted by molar-refractivity contribution is 5.78. The van der Waals surface area contributed by atoms with Crippen molar-refractivity contribution in [3.8, 4) is 6.07 Å². The highest BCUT2D eigenvalue weighted by Crippen LogP contribution is 2.06. The summed E-state index contributed by atoms with van der Waals surface area (Å²) < 4.78 is 5.27. The van der Waals surface area contributed by atoms with Gasteiger partial charge < -0.3 is 9.73 Å². The molecule has 1 aromatic rings. The number of rotatable bonds is 6. The van der Waals surface area contributed by atoms with Gasteiger partial charge in [-0.3, -0.25) is 9.69 Å². The van der Waals surface area contributed by atoms with Crippen molar-refractivity contribution in [1.29, 1.82) is 5.26 Å². The van der Waals surface area contributed by atoms with E-state index < -0.39 is 0 Å². The van der Waals surface area contributed by atoms with Gasteiger partial charge >= 0.3 is 0 Å². The second kappa shape index (κ2) is 6.95. The number of nitrogens with zero attached hydrogens (tertiary/aromatic N) is 2. The lowest BCUT2D eigenvalue weighted by molar-refractivity contribution is -0.123. The second-order valence-electron chi connectivity index (χ2n) is 5.50. The van der Waals surface area contributed by atoms with Crippen LogP contribution in [0.5, 0.6) is 0 Å². The van der Waals surface area contributed by atoms with E-state index in [2.05, 4.69) is 11.4 Å². The summed E-state index contributed by atoms with van der Waals surface area (Å²) in [5.74, 6) is 0.749. The Bertz CT molecular complexity index is 427. The Balaban J connectivity index is 2.54. The molecule has 104 valence electrons. The lowest BCUT2D eigenvalue weighted by Gasteiger charge is -2.24. The van der Waals surface area contributed by atoms with Gasteiger partial charge in [0.25, 0.3) is 0 Å². The van der Waals surface area contributed by atoms with Crippen molar-refractivity contribution in [3.05, 3.63) is 24.2 Å². The topological polar surface area (TPSA) is 69.3 Å². The fraction of sp³-hybridized carbons (Fsp3) is 0.571. The third kappa shape index (κ3) is 6.63. The van der Waals surface area contributed by atoms with Crippen LogP contribution in [0.2, 0.25) is 0 Å². The summed E-state index contributed by atoms with van der Waals surface area (Å²) in [4.78, 5) is 13.8. The van der Waals surface area contributed by atoms with Crippen molar-refractivity contribution in [2.75, 3.05) is 13.1 Å². The van der Waals surface area contributed by atoms with Gasteiger partial charge in [0, 0.05) is 18.5 Å². The van der Waals surface area contributed by atoms with Gasteiger partial charge in [-0.2, -0.15) is 5.26 Å². The molecule has 0 radical (unpaired) electrons. The van der Waals surface area contributed by atoms with E-state index in [1.807, 2.05) is 37.8 Å². The molecule has 0 saturated heterocycles. The third-order valence-electron chi connectivity index (χ3n) is 2.38. The summed E-state index contributed by atoms with van der Waals surface area (Å²) in [7, 11) is 0. The second-order valence-corrected chi connectivity index (χ2v) is 5.50. The van der Waals surface area contributed by atoms with Crippen LogP contribution >= 0.6 is 0 Å². The molecule has 0 aliphatic carbocycles. The highest BCUT2D eigenvalue weighted by atomic mass is 16.3. The van der Waals surface area contributed by atoms with Crippen LogP contribution in [0.4, 0.5) is 0 Å². The number of carbonyl (C=O) groups is 1. The number of hydrogen-bond donors (Lipinski definition) is 1. The molecule has 5 heteroatoms. The number of carbonyl (C=O) groups excluding carboxylic acids is 1. The van der Waals surface area contributed by atoms with E-state index in [0.717, 1.165) is 5.76 Å². The van der Waals surface area contributed by atoms with Crippen LogP contribution in [-0.2, 0) is 11.3 Å². The molecular formula is C14H21N3O2. The molecule has 0 fully saturated rings. The molecule has 19 heavy (non-hydrogen) atoms. The van der Waals surface area contributed by atoms with Crippen LogP contribution in [0.3, 0.4) is 0 Å². The van der Waals surface area contributed by atoms with E-state index >= 15 is 0 Å². The minimum Gasteiger partial charge on any atom is -0.468 e. The summed E-state index contributed by atoms with van der Waals surface area (Å²) in [6.45, 7) is 7.17. The van der Waals surface area contributed by atoms with E-state index in [0.29, 0.717) is 19.5 Å². The molecule has 0 unspecified atom stereocenters. The van der Waals surface area contributed by atoms with Gasteiger partial charge in [0.15, 0.2) is 0 Å². The van der Waals surface area contributed by atoms with Gasteiger partial charge in [-0.25, -0.2) is 0 Å². The van der Waals surface area contributed by atoms with Gasteiger partial charge in [0.1, 0.15) is 5.76 Å². The van der Waals surface area contributed by atoms with Gasteiger partial charge in [-0.1, -0.05) is 0 Å². The molecule has 0 bridgehead atoms. The molecule has 0 aliphatic heterocycles. The van der Waals surface area contributed by atoms with Crippen LogP contribution in [0.1, 0.15) is 33.0 Å². The first-order valence-corrected chi connectivity index (χ1v) is 6.33. The van der Waals surface area contributed by atoms with Crippen LogP contribution < -0.4 is 5.32 Å². The van der Waals surface area contributed by atoms with Crippen molar-refractivity contribution >= 4 is 5.91 Å². The standard InChI is InChI=1S/C14H21N3O2/c1-14(2,3)16-13(18)11-17(8-5-7-15)10-12-6-4-9-19-12/h4,6,9H,5,8,10-11H2,1-3H3,(H,16,18). The van der Waals surface area contributed by atoms with Crippen LogP contribution in [-0.4, -0.2) is 29.4 Å². The van der Waals surface area contributed by atoms with Crippen LogP contribution in [0.15, 0.2) is 22.8 Å². The zero-order chi connectivity index (χ0) is 14.3. The third-order valence-corrected chi connectivity index (χ3v) is 2.38. The Morgan fingerprint density at radius 2 is 2.26 bits per heavy atom. The van der Waals surface area contributed by atoms with Crippen molar-refractivity contribution < 1.29 is 9.21 Å². The molecule has 0 aliphatic rings. The zero-order valence-corrected chi connectivity index (χ0v) is 11.8. The Morgan fingerprint density at radius 1 is 1.53 bits per heavy atom. The summed E-state index contributed by atoms with van der Waals surface area (Å²) in [5.41, 5.74) is -0.247. The van der Waals surface area contributed by atoms with Crippen molar-refractivity contribution in [2.24, 2.45) is 0 Å². The molecule has 0 atom stereocenters. The summed E-state index contributed by atoms with van der Waals surface area (Å²) in [6.07, 6.45) is 2.00. The minimum absolute atomic E-state index is 0.0444. The van der Waals surface area contributed by atoms with Gasteiger partial charge in [-0.15, -0.1) is 0 Å². The molecule has 5 nitrogen and oxygen atoms in total. The highest BCUT2D eigenvalue weighted by Gasteiger charge is 2.17. The maximum Gasteiger partial charge on any atom is 0.234 e. The molecule has 1 rings (SSSR count). The van der Waals surface area contributed by atoms with E-state index in [1.165, 1.54) is 0 Å². The van der Waals surface area contributed by atoms with Crippen molar-refractivity contribution in [1.82, 2.24) is 10.2 Å². The predicted molar refractivity (Wildman–Crippen MR) is 72.1 cm³/mol. The first kappa shape index (κ1) is 15.3. The van der Waals surface area contributed by atoms with Crippen LogP contribution in [0.25, 0.3) is 0 Å². The number of hydrogen-bond acceptors (Lipinski definition) is 4. The SMILES string of the molecule is CC(C)(C)NC(=O)CN(CCC#N)Cc1ccco1. The molecule has 1 heterocycles. The number of amides is 1. The first-order chi connectivity index (χ1) is 8.90.